The van der Waals surface area contributed by atoms with Crippen LogP contribution in [-0.2, 0) is 4.79 Å². The second-order valence-corrected chi connectivity index (χ2v) is 5.27. The molecule has 0 radical (unpaired) electrons. The summed E-state index contributed by atoms with van der Waals surface area (Å²) in [6.07, 6.45) is 5.62. The molecule has 1 unspecified atom stereocenters. The van der Waals surface area contributed by atoms with Gasteiger partial charge in [-0.1, -0.05) is 6.92 Å². The zero-order valence-electron chi connectivity index (χ0n) is 11.7. The summed E-state index contributed by atoms with van der Waals surface area (Å²) >= 11 is 0. The Balaban J connectivity index is 0.00000162. The smallest absolute Gasteiger partial charge is 0.240 e. The van der Waals surface area contributed by atoms with E-state index in [1.54, 1.807) is 0 Å². The number of rotatable bonds is 5. The molecule has 4 nitrogen and oxygen atoms in total. The van der Waals surface area contributed by atoms with Crippen LogP contribution in [0.3, 0.4) is 0 Å². The Morgan fingerprint density at radius 1 is 1.26 bits per heavy atom. The first-order chi connectivity index (χ1) is 8.27. The highest BCUT2D eigenvalue weighted by molar-refractivity contribution is 5.86. The molecule has 2 aliphatic heterocycles. The molecule has 2 N–H and O–H groups in total. The lowest BCUT2D eigenvalue weighted by Gasteiger charge is -2.27. The van der Waals surface area contributed by atoms with Gasteiger partial charge in [0.1, 0.15) is 0 Å². The molecule has 0 aromatic rings. The minimum atomic E-state index is -0.273. The monoisotopic (exact) mass is 311 g/mol. The molecule has 2 fully saturated rings. The summed E-state index contributed by atoms with van der Waals surface area (Å²) in [5.74, 6) is 0.205. The molecular weight excluding hydrogens is 285 g/mol. The maximum Gasteiger partial charge on any atom is 0.240 e. The van der Waals surface area contributed by atoms with E-state index in [9.17, 15) is 4.79 Å². The van der Waals surface area contributed by atoms with Crippen molar-refractivity contribution < 1.29 is 4.79 Å². The largest absolute Gasteiger partial charge is 0.353 e. The van der Waals surface area contributed by atoms with Crippen molar-refractivity contribution in [1.29, 1.82) is 0 Å². The Morgan fingerprint density at radius 3 is 2.47 bits per heavy atom. The molecule has 0 saturated carbocycles. The van der Waals surface area contributed by atoms with E-state index >= 15 is 0 Å². The summed E-state index contributed by atoms with van der Waals surface area (Å²) in [5.41, 5.74) is -0.273. The number of carbonyl (C=O) groups is 1. The molecule has 19 heavy (non-hydrogen) atoms. The molecule has 0 spiro atoms. The van der Waals surface area contributed by atoms with Crippen molar-refractivity contribution in [3.05, 3.63) is 0 Å². The number of hydrogen-bond acceptors (Lipinski definition) is 3. The van der Waals surface area contributed by atoms with E-state index in [0.717, 1.165) is 38.9 Å². The first kappa shape index (κ1) is 19.0. The van der Waals surface area contributed by atoms with Gasteiger partial charge in [-0.25, -0.2) is 0 Å². The van der Waals surface area contributed by atoms with Crippen LogP contribution < -0.4 is 10.6 Å². The molecule has 6 heteroatoms. The van der Waals surface area contributed by atoms with Gasteiger partial charge in [0.2, 0.25) is 5.91 Å². The van der Waals surface area contributed by atoms with Crippen LogP contribution in [0.4, 0.5) is 0 Å². The third-order valence-electron chi connectivity index (χ3n) is 4.19. The molecule has 2 rings (SSSR count). The van der Waals surface area contributed by atoms with Crippen LogP contribution >= 0.6 is 24.8 Å². The van der Waals surface area contributed by atoms with Gasteiger partial charge in [-0.3, -0.25) is 4.79 Å². The van der Waals surface area contributed by atoms with Crippen LogP contribution in [0.25, 0.3) is 0 Å². The quantitative estimate of drug-likeness (QED) is 0.810. The van der Waals surface area contributed by atoms with Crippen LogP contribution in [0.1, 0.15) is 39.0 Å². The number of amides is 1. The molecule has 0 aliphatic carbocycles. The summed E-state index contributed by atoms with van der Waals surface area (Å²) in [5, 5.41) is 6.47. The molecule has 0 bridgehead atoms. The van der Waals surface area contributed by atoms with Crippen LogP contribution in [0, 0.1) is 0 Å². The van der Waals surface area contributed by atoms with E-state index < -0.39 is 0 Å². The first-order valence-corrected chi connectivity index (χ1v) is 7.02. The van der Waals surface area contributed by atoms with Crippen LogP contribution in [0.5, 0.6) is 0 Å². The summed E-state index contributed by atoms with van der Waals surface area (Å²) < 4.78 is 0. The highest BCUT2D eigenvalue weighted by Crippen LogP contribution is 2.22. The SMILES string of the molecule is CCC1(C(=O)NCCN2CCCC2)CCCN1.Cl.Cl. The Hall–Kier alpha value is -0.0300. The highest BCUT2D eigenvalue weighted by atomic mass is 35.5. The van der Waals surface area contributed by atoms with Crippen LogP contribution in [-0.4, -0.2) is 49.1 Å². The van der Waals surface area contributed by atoms with Crippen molar-refractivity contribution in [2.24, 2.45) is 0 Å². The van der Waals surface area contributed by atoms with Gasteiger partial charge in [0.05, 0.1) is 5.54 Å². The summed E-state index contributed by atoms with van der Waals surface area (Å²) in [7, 11) is 0. The number of carbonyl (C=O) groups excluding carboxylic acids is 1. The second kappa shape index (κ2) is 9.01. The molecule has 114 valence electrons. The summed E-state index contributed by atoms with van der Waals surface area (Å²) in [4.78, 5) is 14.6. The maximum atomic E-state index is 12.2. The molecule has 0 aromatic heterocycles. The Bertz CT molecular complexity index is 265. The van der Waals surface area contributed by atoms with Gasteiger partial charge < -0.3 is 15.5 Å². The molecule has 0 aromatic carbocycles. The van der Waals surface area contributed by atoms with Gasteiger partial charge >= 0.3 is 0 Å². The Kier molecular flexibility index (Phi) is 8.99. The lowest BCUT2D eigenvalue weighted by Crippen LogP contribution is -2.54. The van der Waals surface area contributed by atoms with Gasteiger partial charge in [-0.05, 0) is 51.7 Å². The third-order valence-corrected chi connectivity index (χ3v) is 4.19. The number of hydrogen-bond donors (Lipinski definition) is 2. The third kappa shape index (κ3) is 4.78. The average Bonchev–Trinajstić information content (AvgIpc) is 3.00. The predicted molar refractivity (Wildman–Crippen MR) is 83.4 cm³/mol. The van der Waals surface area contributed by atoms with Crippen molar-refractivity contribution in [3.8, 4) is 0 Å². The van der Waals surface area contributed by atoms with E-state index in [0.29, 0.717) is 0 Å². The van der Waals surface area contributed by atoms with E-state index in [2.05, 4.69) is 22.5 Å². The van der Waals surface area contributed by atoms with Crippen molar-refractivity contribution in [2.45, 2.75) is 44.6 Å². The first-order valence-electron chi connectivity index (χ1n) is 7.02. The number of nitrogens with zero attached hydrogens (tertiary/aromatic N) is 1. The van der Waals surface area contributed by atoms with Gasteiger partial charge in [-0.15, -0.1) is 24.8 Å². The molecular formula is C13H27Cl2N3O. The molecule has 2 heterocycles. The Labute approximate surface area is 128 Å². The number of nitrogens with one attached hydrogen (secondary N) is 2. The second-order valence-electron chi connectivity index (χ2n) is 5.27. The van der Waals surface area contributed by atoms with E-state index in [1.165, 1.54) is 25.9 Å². The van der Waals surface area contributed by atoms with Gasteiger partial charge in [0.15, 0.2) is 0 Å². The average molecular weight is 312 g/mol. The fraction of sp³-hybridized carbons (Fsp3) is 0.923. The minimum Gasteiger partial charge on any atom is -0.353 e. The van der Waals surface area contributed by atoms with Gasteiger partial charge in [0.25, 0.3) is 0 Å². The van der Waals surface area contributed by atoms with Crippen LogP contribution in [0.15, 0.2) is 0 Å². The minimum absolute atomic E-state index is 0. The molecule has 1 atom stereocenters. The predicted octanol–water partition coefficient (Wildman–Crippen LogP) is 1.57. The van der Waals surface area contributed by atoms with Crippen molar-refractivity contribution in [1.82, 2.24) is 15.5 Å². The van der Waals surface area contributed by atoms with E-state index in [1.807, 2.05) is 0 Å². The molecule has 2 saturated heterocycles. The van der Waals surface area contributed by atoms with Crippen molar-refractivity contribution >= 4 is 30.7 Å². The maximum absolute atomic E-state index is 12.2. The van der Waals surface area contributed by atoms with Crippen molar-refractivity contribution in [3.63, 3.8) is 0 Å². The van der Waals surface area contributed by atoms with E-state index in [-0.39, 0.29) is 36.3 Å². The molecule has 2 aliphatic rings. The van der Waals surface area contributed by atoms with Gasteiger partial charge in [0, 0.05) is 13.1 Å². The van der Waals surface area contributed by atoms with Crippen molar-refractivity contribution in [2.75, 3.05) is 32.7 Å². The topological polar surface area (TPSA) is 44.4 Å². The Morgan fingerprint density at radius 2 is 1.95 bits per heavy atom. The number of likely N-dealkylation sites (tertiary alicyclic amines) is 1. The summed E-state index contributed by atoms with van der Waals surface area (Å²) in [6, 6.07) is 0. The zero-order chi connectivity index (χ0) is 12.1. The summed E-state index contributed by atoms with van der Waals surface area (Å²) in [6.45, 7) is 7.28. The van der Waals surface area contributed by atoms with Crippen LogP contribution in [0.2, 0.25) is 0 Å². The molecule has 1 amide bonds. The zero-order valence-corrected chi connectivity index (χ0v) is 13.4. The lowest BCUT2D eigenvalue weighted by molar-refractivity contribution is -0.127. The fourth-order valence-electron chi connectivity index (χ4n) is 2.97. The standard InChI is InChI=1S/C13H25N3O.2ClH/c1-2-13(6-5-7-15-13)12(17)14-8-11-16-9-3-4-10-16;;/h15H,2-11H2,1H3,(H,14,17);2*1H. The van der Waals surface area contributed by atoms with E-state index in [4.69, 9.17) is 0 Å². The highest BCUT2D eigenvalue weighted by Gasteiger charge is 2.38. The normalized spacial score (nSPS) is 26.6. The number of halogens is 2. The fourth-order valence-corrected chi connectivity index (χ4v) is 2.97. The van der Waals surface area contributed by atoms with Gasteiger partial charge in [-0.2, -0.15) is 0 Å². The lowest BCUT2D eigenvalue weighted by atomic mass is 9.93.